The molecule has 1 unspecified atom stereocenters. The fraction of sp³-hybridized carbons (Fsp3) is 0.364. The van der Waals surface area contributed by atoms with Crippen molar-refractivity contribution in [2.75, 3.05) is 0 Å². The molecular weight excluding hydrogens is 236 g/mol. The van der Waals surface area contributed by atoms with Crippen LogP contribution in [0.1, 0.15) is 17.7 Å². The second-order valence-corrected chi connectivity index (χ2v) is 3.65. The molecule has 1 aromatic heterocycles. The van der Waals surface area contributed by atoms with E-state index in [1.807, 2.05) is 6.92 Å². The summed E-state index contributed by atoms with van der Waals surface area (Å²) in [6.45, 7) is 2.08. The summed E-state index contributed by atoms with van der Waals surface area (Å²) < 4.78 is 0. The summed E-state index contributed by atoms with van der Waals surface area (Å²) in [6, 6.07) is -1.67. The van der Waals surface area contributed by atoms with Crippen molar-refractivity contribution in [3.8, 4) is 12.3 Å². The SMILES string of the molecule is C#CCC(NC(=O)NCc1cn[nH]c1C)C(=O)O. The summed E-state index contributed by atoms with van der Waals surface area (Å²) >= 11 is 0. The molecule has 0 radical (unpaired) electrons. The molecular formula is C11H14N4O3. The van der Waals surface area contributed by atoms with E-state index in [2.05, 4.69) is 26.8 Å². The van der Waals surface area contributed by atoms with Crippen LogP contribution in [0, 0.1) is 19.3 Å². The van der Waals surface area contributed by atoms with Gasteiger partial charge in [0.25, 0.3) is 0 Å². The minimum Gasteiger partial charge on any atom is -0.480 e. The zero-order chi connectivity index (χ0) is 13.5. The van der Waals surface area contributed by atoms with Crippen LogP contribution in [0.3, 0.4) is 0 Å². The monoisotopic (exact) mass is 250 g/mol. The molecule has 2 amide bonds. The summed E-state index contributed by atoms with van der Waals surface area (Å²) in [7, 11) is 0. The zero-order valence-electron chi connectivity index (χ0n) is 9.86. The molecule has 1 atom stereocenters. The van der Waals surface area contributed by atoms with Crippen molar-refractivity contribution in [1.82, 2.24) is 20.8 Å². The minimum absolute atomic E-state index is 0.0620. The van der Waals surface area contributed by atoms with Crippen LogP contribution in [0.5, 0.6) is 0 Å². The smallest absolute Gasteiger partial charge is 0.327 e. The molecule has 1 heterocycles. The van der Waals surface area contributed by atoms with Gasteiger partial charge in [-0.25, -0.2) is 9.59 Å². The van der Waals surface area contributed by atoms with Crippen molar-refractivity contribution in [2.45, 2.75) is 25.9 Å². The summed E-state index contributed by atoms with van der Waals surface area (Å²) in [5, 5.41) is 20.1. The number of H-pyrrole nitrogens is 1. The van der Waals surface area contributed by atoms with Gasteiger partial charge < -0.3 is 15.7 Å². The Labute approximate surface area is 104 Å². The number of rotatable bonds is 5. The molecule has 0 spiro atoms. The maximum absolute atomic E-state index is 11.5. The van der Waals surface area contributed by atoms with Crippen molar-refractivity contribution in [3.05, 3.63) is 17.5 Å². The highest BCUT2D eigenvalue weighted by Crippen LogP contribution is 2.01. The van der Waals surface area contributed by atoms with E-state index in [4.69, 9.17) is 11.5 Å². The van der Waals surface area contributed by atoms with Crippen LogP contribution in [0.4, 0.5) is 4.79 Å². The summed E-state index contributed by atoms with van der Waals surface area (Å²) in [6.07, 6.45) is 6.54. The van der Waals surface area contributed by atoms with Crippen molar-refractivity contribution in [3.63, 3.8) is 0 Å². The maximum Gasteiger partial charge on any atom is 0.327 e. The van der Waals surface area contributed by atoms with Gasteiger partial charge in [0.05, 0.1) is 6.20 Å². The predicted octanol–water partition coefficient (Wildman–Crippen LogP) is -0.00618. The number of aromatic nitrogens is 2. The van der Waals surface area contributed by atoms with Gasteiger partial charge in [0.2, 0.25) is 0 Å². The van der Waals surface area contributed by atoms with Gasteiger partial charge in [0, 0.05) is 24.2 Å². The lowest BCUT2D eigenvalue weighted by atomic mass is 10.2. The topological polar surface area (TPSA) is 107 Å². The quantitative estimate of drug-likeness (QED) is 0.551. The van der Waals surface area contributed by atoms with Crippen LogP contribution in [-0.2, 0) is 11.3 Å². The van der Waals surface area contributed by atoms with E-state index in [9.17, 15) is 9.59 Å². The minimum atomic E-state index is -1.16. The molecule has 0 aromatic carbocycles. The first-order valence-electron chi connectivity index (χ1n) is 5.24. The number of nitrogens with one attached hydrogen (secondary N) is 3. The van der Waals surface area contributed by atoms with Crippen LogP contribution >= 0.6 is 0 Å². The van der Waals surface area contributed by atoms with Crippen molar-refractivity contribution < 1.29 is 14.7 Å². The standard InChI is InChI=1S/C11H14N4O3/c1-3-4-9(10(16)17)14-11(18)12-5-8-6-13-15-7(8)2/h1,6,9H,4-5H2,2H3,(H,13,15)(H,16,17)(H2,12,14,18). The van der Waals surface area contributed by atoms with Crippen molar-refractivity contribution in [1.29, 1.82) is 0 Å². The van der Waals surface area contributed by atoms with Gasteiger partial charge >= 0.3 is 12.0 Å². The summed E-state index contributed by atoms with van der Waals surface area (Å²) in [4.78, 5) is 22.2. The molecule has 96 valence electrons. The zero-order valence-corrected chi connectivity index (χ0v) is 9.86. The first kappa shape index (κ1) is 13.6. The number of carboxylic acids is 1. The van der Waals surface area contributed by atoms with Crippen molar-refractivity contribution >= 4 is 12.0 Å². The van der Waals surface area contributed by atoms with E-state index >= 15 is 0 Å². The summed E-state index contributed by atoms with van der Waals surface area (Å²) in [5.74, 6) is 1.03. The third-order valence-electron chi connectivity index (χ3n) is 2.30. The highest BCUT2D eigenvalue weighted by atomic mass is 16.4. The molecule has 0 aliphatic heterocycles. The molecule has 0 bridgehead atoms. The Balaban J connectivity index is 2.44. The fourth-order valence-electron chi connectivity index (χ4n) is 1.26. The number of aromatic amines is 1. The van der Waals surface area contributed by atoms with E-state index in [0.29, 0.717) is 0 Å². The lowest BCUT2D eigenvalue weighted by Gasteiger charge is -2.12. The number of amides is 2. The number of hydrogen-bond donors (Lipinski definition) is 4. The molecule has 1 aromatic rings. The van der Waals surface area contributed by atoms with Gasteiger partial charge in [-0.1, -0.05) is 0 Å². The molecule has 0 saturated carbocycles. The van der Waals surface area contributed by atoms with E-state index < -0.39 is 18.0 Å². The Bertz CT molecular complexity index is 475. The molecule has 18 heavy (non-hydrogen) atoms. The van der Waals surface area contributed by atoms with E-state index in [-0.39, 0.29) is 13.0 Å². The van der Waals surface area contributed by atoms with Gasteiger partial charge in [0.15, 0.2) is 0 Å². The number of carbonyl (C=O) groups excluding carboxylic acids is 1. The van der Waals surface area contributed by atoms with E-state index in [1.54, 1.807) is 6.20 Å². The van der Waals surface area contributed by atoms with E-state index in [0.717, 1.165) is 11.3 Å². The van der Waals surface area contributed by atoms with Crippen LogP contribution in [-0.4, -0.2) is 33.3 Å². The number of carbonyl (C=O) groups is 2. The normalized spacial score (nSPS) is 11.3. The van der Waals surface area contributed by atoms with Crippen molar-refractivity contribution in [2.24, 2.45) is 0 Å². The number of aryl methyl sites for hydroxylation is 1. The molecule has 0 aliphatic carbocycles. The lowest BCUT2D eigenvalue weighted by molar-refractivity contribution is -0.139. The Morgan fingerprint density at radius 2 is 2.39 bits per heavy atom. The van der Waals surface area contributed by atoms with E-state index in [1.165, 1.54) is 0 Å². The number of aliphatic carboxylic acids is 1. The van der Waals surface area contributed by atoms with Gasteiger partial charge in [-0.2, -0.15) is 5.10 Å². The largest absolute Gasteiger partial charge is 0.480 e. The third kappa shape index (κ3) is 3.83. The number of urea groups is 1. The second-order valence-electron chi connectivity index (χ2n) is 3.65. The fourth-order valence-corrected chi connectivity index (χ4v) is 1.26. The van der Waals surface area contributed by atoms with Gasteiger partial charge in [-0.3, -0.25) is 5.10 Å². The second kappa shape index (κ2) is 6.30. The lowest BCUT2D eigenvalue weighted by Crippen LogP contribution is -2.45. The van der Waals surface area contributed by atoms with Crippen LogP contribution < -0.4 is 10.6 Å². The van der Waals surface area contributed by atoms with Gasteiger partial charge in [-0.15, -0.1) is 12.3 Å². The molecule has 0 saturated heterocycles. The Morgan fingerprint density at radius 3 is 2.89 bits per heavy atom. The first-order chi connectivity index (χ1) is 8.54. The molecule has 1 rings (SSSR count). The van der Waals surface area contributed by atoms with Gasteiger partial charge in [-0.05, 0) is 6.92 Å². The van der Waals surface area contributed by atoms with Crippen LogP contribution in [0.2, 0.25) is 0 Å². The summed E-state index contributed by atoms with van der Waals surface area (Å²) in [5.41, 5.74) is 1.67. The highest BCUT2D eigenvalue weighted by molar-refractivity contribution is 5.82. The van der Waals surface area contributed by atoms with Gasteiger partial charge in [0.1, 0.15) is 6.04 Å². The molecule has 4 N–H and O–H groups in total. The van der Waals surface area contributed by atoms with Crippen LogP contribution in [0.15, 0.2) is 6.20 Å². The first-order valence-corrected chi connectivity index (χ1v) is 5.24. The third-order valence-corrected chi connectivity index (χ3v) is 2.30. The Morgan fingerprint density at radius 1 is 1.67 bits per heavy atom. The molecule has 7 heteroatoms. The average Bonchev–Trinajstić information content (AvgIpc) is 2.71. The number of hydrogen-bond acceptors (Lipinski definition) is 3. The molecule has 0 fully saturated rings. The Kier molecular flexibility index (Phi) is 4.75. The predicted molar refractivity (Wildman–Crippen MR) is 63.6 cm³/mol. The molecule has 7 nitrogen and oxygen atoms in total. The number of terminal acetylenes is 1. The highest BCUT2D eigenvalue weighted by Gasteiger charge is 2.18. The maximum atomic E-state index is 11.5. The Hall–Kier alpha value is -2.49. The van der Waals surface area contributed by atoms with Crippen LogP contribution in [0.25, 0.3) is 0 Å². The average molecular weight is 250 g/mol. The number of nitrogens with zero attached hydrogens (tertiary/aromatic N) is 1. The molecule has 0 aliphatic rings. The number of carboxylic acid groups (broad SMARTS) is 1.